The number of hydrogen-bond donors (Lipinski definition) is 1. The zero-order chi connectivity index (χ0) is 18.3. The second-order valence-corrected chi connectivity index (χ2v) is 7.92. The summed E-state index contributed by atoms with van der Waals surface area (Å²) in [4.78, 5) is 13.5. The Morgan fingerprint density at radius 2 is 2.12 bits per heavy atom. The topological polar surface area (TPSA) is 38.3 Å². The van der Waals surface area contributed by atoms with Gasteiger partial charge < -0.3 is 10.1 Å². The average Bonchev–Trinajstić information content (AvgIpc) is 3.04. The van der Waals surface area contributed by atoms with Crippen molar-refractivity contribution in [1.29, 1.82) is 0 Å². The number of rotatable bonds is 3. The van der Waals surface area contributed by atoms with E-state index in [2.05, 4.69) is 21.2 Å². The predicted molar refractivity (Wildman–Crippen MR) is 105 cm³/mol. The van der Waals surface area contributed by atoms with Gasteiger partial charge in [-0.25, -0.2) is 4.39 Å². The molecule has 0 saturated carbocycles. The lowest BCUT2D eigenvalue weighted by Gasteiger charge is -2.25. The number of hydrogen-bond acceptors (Lipinski definition) is 3. The molecule has 3 nitrogen and oxygen atoms in total. The maximum Gasteiger partial charge on any atom is 0.225 e. The van der Waals surface area contributed by atoms with Gasteiger partial charge in [0.25, 0.3) is 0 Å². The molecule has 0 saturated heterocycles. The molecule has 1 amide bonds. The van der Waals surface area contributed by atoms with Crippen LogP contribution in [0.1, 0.15) is 22.8 Å². The standard InChI is InChI=1S/C20H15BrFNO2S/c1-25-17-6-5-12(21)8-14(17)15-9-18(24)23-19-16(10-26-20(15)19)11-3-2-4-13(22)7-11/h2-8,10,15H,9H2,1H3,(H,23,24)/t15-/m0/s1. The third kappa shape index (κ3) is 3.04. The van der Waals surface area contributed by atoms with Crippen molar-refractivity contribution in [2.24, 2.45) is 0 Å². The van der Waals surface area contributed by atoms with E-state index in [-0.39, 0.29) is 17.6 Å². The SMILES string of the molecule is COc1ccc(Br)cc1[C@@H]1CC(=O)Nc2c(-c3cccc(F)c3)csc21. The molecule has 1 aliphatic heterocycles. The Hall–Kier alpha value is -2.18. The van der Waals surface area contributed by atoms with E-state index in [1.165, 1.54) is 12.1 Å². The zero-order valence-corrected chi connectivity index (χ0v) is 16.3. The van der Waals surface area contributed by atoms with Gasteiger partial charge in [0.05, 0.1) is 12.8 Å². The minimum Gasteiger partial charge on any atom is -0.496 e. The largest absolute Gasteiger partial charge is 0.496 e. The number of thiophene rings is 1. The fourth-order valence-electron chi connectivity index (χ4n) is 3.32. The number of ether oxygens (including phenoxy) is 1. The Labute approximate surface area is 162 Å². The first-order chi connectivity index (χ1) is 12.6. The lowest BCUT2D eigenvalue weighted by atomic mass is 9.88. The van der Waals surface area contributed by atoms with Gasteiger partial charge in [0.15, 0.2) is 0 Å². The van der Waals surface area contributed by atoms with Crippen LogP contribution >= 0.6 is 27.3 Å². The monoisotopic (exact) mass is 431 g/mol. The van der Waals surface area contributed by atoms with E-state index >= 15 is 0 Å². The Bertz CT molecular complexity index is 1000. The first-order valence-electron chi connectivity index (χ1n) is 8.07. The number of carbonyl (C=O) groups is 1. The van der Waals surface area contributed by atoms with E-state index in [0.717, 1.165) is 37.5 Å². The van der Waals surface area contributed by atoms with Gasteiger partial charge in [0, 0.05) is 38.2 Å². The summed E-state index contributed by atoms with van der Waals surface area (Å²) < 4.78 is 20.1. The molecule has 4 rings (SSSR count). The second kappa shape index (κ2) is 6.85. The van der Waals surface area contributed by atoms with E-state index in [1.807, 2.05) is 29.6 Å². The minimum atomic E-state index is -0.296. The highest BCUT2D eigenvalue weighted by Crippen LogP contribution is 2.48. The molecular weight excluding hydrogens is 417 g/mol. The first-order valence-corrected chi connectivity index (χ1v) is 9.74. The highest BCUT2D eigenvalue weighted by molar-refractivity contribution is 9.10. The van der Waals surface area contributed by atoms with Gasteiger partial charge in [-0.3, -0.25) is 4.79 Å². The first kappa shape index (κ1) is 17.2. The number of anilines is 1. The van der Waals surface area contributed by atoms with E-state index in [4.69, 9.17) is 4.74 Å². The molecule has 0 spiro atoms. The Morgan fingerprint density at radius 1 is 1.27 bits per heavy atom. The number of halogens is 2. The molecule has 0 bridgehead atoms. The highest BCUT2D eigenvalue weighted by atomic mass is 79.9. The van der Waals surface area contributed by atoms with Crippen molar-refractivity contribution in [1.82, 2.24) is 0 Å². The number of nitrogens with one attached hydrogen (secondary N) is 1. The number of carbonyl (C=O) groups excluding carboxylic acids is 1. The average molecular weight is 432 g/mol. The van der Waals surface area contributed by atoms with Crippen LogP contribution in [0, 0.1) is 5.82 Å². The molecule has 1 aliphatic rings. The molecule has 2 heterocycles. The van der Waals surface area contributed by atoms with Crippen LogP contribution in [0.15, 0.2) is 52.3 Å². The van der Waals surface area contributed by atoms with Crippen molar-refractivity contribution in [2.75, 3.05) is 12.4 Å². The predicted octanol–water partition coefficient (Wildman–Crippen LogP) is 5.80. The molecule has 1 N–H and O–H groups in total. The number of benzene rings is 2. The molecule has 132 valence electrons. The Morgan fingerprint density at radius 3 is 2.88 bits per heavy atom. The second-order valence-electron chi connectivity index (χ2n) is 6.09. The van der Waals surface area contributed by atoms with Crippen LogP contribution in [0.4, 0.5) is 10.1 Å². The summed E-state index contributed by atoms with van der Waals surface area (Å²) in [5.74, 6) is 0.299. The molecule has 1 atom stereocenters. The molecule has 2 aromatic carbocycles. The summed E-state index contributed by atoms with van der Waals surface area (Å²) >= 11 is 5.08. The molecule has 1 aromatic heterocycles. The van der Waals surface area contributed by atoms with E-state index in [1.54, 1.807) is 24.5 Å². The molecule has 0 fully saturated rings. The van der Waals surface area contributed by atoms with Crippen molar-refractivity contribution in [2.45, 2.75) is 12.3 Å². The van der Waals surface area contributed by atoms with Crippen LogP contribution in [0.2, 0.25) is 0 Å². The summed E-state index contributed by atoms with van der Waals surface area (Å²) in [6, 6.07) is 12.2. The maximum absolute atomic E-state index is 13.6. The van der Waals surface area contributed by atoms with Crippen LogP contribution in [0.25, 0.3) is 11.1 Å². The summed E-state index contributed by atoms with van der Waals surface area (Å²) in [7, 11) is 1.63. The van der Waals surface area contributed by atoms with Crippen LogP contribution in [-0.2, 0) is 4.79 Å². The number of fused-ring (bicyclic) bond motifs is 1. The fourth-order valence-corrected chi connectivity index (χ4v) is 4.85. The Balaban J connectivity index is 1.86. The van der Waals surface area contributed by atoms with Crippen molar-refractivity contribution in [3.63, 3.8) is 0 Å². The van der Waals surface area contributed by atoms with Gasteiger partial charge in [0.2, 0.25) is 5.91 Å². The molecule has 0 radical (unpaired) electrons. The third-order valence-electron chi connectivity index (χ3n) is 4.49. The van der Waals surface area contributed by atoms with Crippen molar-refractivity contribution < 1.29 is 13.9 Å². The normalized spacial score (nSPS) is 16.1. The van der Waals surface area contributed by atoms with Gasteiger partial charge in [-0.05, 0) is 35.9 Å². The van der Waals surface area contributed by atoms with Gasteiger partial charge in [-0.1, -0.05) is 28.1 Å². The molecule has 0 aliphatic carbocycles. The molecule has 3 aromatic rings. The lowest BCUT2D eigenvalue weighted by molar-refractivity contribution is -0.116. The lowest BCUT2D eigenvalue weighted by Crippen LogP contribution is -2.22. The molecule has 6 heteroatoms. The van der Waals surface area contributed by atoms with Gasteiger partial charge in [0.1, 0.15) is 11.6 Å². The maximum atomic E-state index is 13.6. The van der Waals surface area contributed by atoms with Gasteiger partial charge in [-0.2, -0.15) is 0 Å². The fraction of sp³-hybridized carbons (Fsp3) is 0.150. The van der Waals surface area contributed by atoms with E-state index in [0.29, 0.717) is 6.42 Å². The van der Waals surface area contributed by atoms with E-state index in [9.17, 15) is 9.18 Å². The van der Waals surface area contributed by atoms with Crippen LogP contribution < -0.4 is 10.1 Å². The molecule has 0 unspecified atom stereocenters. The zero-order valence-electron chi connectivity index (χ0n) is 13.9. The number of amides is 1. The van der Waals surface area contributed by atoms with Crippen molar-refractivity contribution >= 4 is 38.9 Å². The number of methoxy groups -OCH3 is 1. The van der Waals surface area contributed by atoms with Crippen LogP contribution in [0.3, 0.4) is 0 Å². The summed E-state index contributed by atoms with van der Waals surface area (Å²) in [5, 5.41) is 4.95. The molecule has 26 heavy (non-hydrogen) atoms. The Kier molecular flexibility index (Phi) is 4.54. The molecular formula is C20H15BrFNO2S. The summed E-state index contributed by atoms with van der Waals surface area (Å²) in [6.45, 7) is 0. The summed E-state index contributed by atoms with van der Waals surface area (Å²) in [5.41, 5.74) is 3.33. The smallest absolute Gasteiger partial charge is 0.225 e. The van der Waals surface area contributed by atoms with Crippen LogP contribution in [-0.4, -0.2) is 13.0 Å². The van der Waals surface area contributed by atoms with E-state index < -0.39 is 0 Å². The highest BCUT2D eigenvalue weighted by Gasteiger charge is 2.32. The minimum absolute atomic E-state index is 0.0550. The van der Waals surface area contributed by atoms with Gasteiger partial charge in [-0.15, -0.1) is 11.3 Å². The third-order valence-corrected chi connectivity index (χ3v) is 6.08. The van der Waals surface area contributed by atoms with Crippen molar-refractivity contribution in [3.05, 3.63) is 68.6 Å². The van der Waals surface area contributed by atoms with Crippen LogP contribution in [0.5, 0.6) is 5.75 Å². The van der Waals surface area contributed by atoms with Gasteiger partial charge >= 0.3 is 0 Å². The summed E-state index contributed by atoms with van der Waals surface area (Å²) in [6.07, 6.45) is 0.350. The van der Waals surface area contributed by atoms with Crippen molar-refractivity contribution in [3.8, 4) is 16.9 Å². The quantitative estimate of drug-likeness (QED) is 0.568.